The van der Waals surface area contributed by atoms with Crippen LogP contribution in [0.5, 0.6) is 0 Å². The number of aliphatic hydroxyl groups excluding tert-OH is 2. The summed E-state index contributed by atoms with van der Waals surface area (Å²) in [4.78, 5) is 3.56. The van der Waals surface area contributed by atoms with E-state index in [2.05, 4.69) is 23.7 Å². The Bertz CT molecular complexity index is 446. The molecule has 3 nitrogen and oxygen atoms in total. The lowest BCUT2D eigenvalue weighted by Crippen LogP contribution is -2.34. The van der Waals surface area contributed by atoms with Crippen LogP contribution in [0.25, 0.3) is 0 Å². The summed E-state index contributed by atoms with van der Waals surface area (Å²) in [6.07, 6.45) is 1.15. The lowest BCUT2D eigenvalue weighted by Gasteiger charge is -2.24. The van der Waals surface area contributed by atoms with Crippen LogP contribution in [0.3, 0.4) is 0 Å². The summed E-state index contributed by atoms with van der Waals surface area (Å²) in [6.45, 7) is 4.21. The molecule has 2 heterocycles. The third-order valence-electron chi connectivity index (χ3n) is 3.58. The molecular formula is C14H19NO2S. The van der Waals surface area contributed by atoms with Gasteiger partial charge in [-0.25, -0.2) is 0 Å². The fraction of sp³-hybridized carbons (Fsp3) is 0.571. The Kier molecular flexibility index (Phi) is 4.79. The molecule has 18 heavy (non-hydrogen) atoms. The minimum atomic E-state index is -0.102. The Balaban J connectivity index is 2.07. The monoisotopic (exact) mass is 265 g/mol. The summed E-state index contributed by atoms with van der Waals surface area (Å²) in [7, 11) is 0. The molecular weight excluding hydrogens is 246 g/mol. The van der Waals surface area contributed by atoms with E-state index in [1.165, 1.54) is 4.88 Å². The van der Waals surface area contributed by atoms with E-state index < -0.39 is 0 Å². The second kappa shape index (κ2) is 6.35. The molecule has 0 bridgehead atoms. The van der Waals surface area contributed by atoms with Crippen molar-refractivity contribution < 1.29 is 10.2 Å². The van der Waals surface area contributed by atoms with Crippen molar-refractivity contribution >= 4 is 11.3 Å². The van der Waals surface area contributed by atoms with Gasteiger partial charge in [0.1, 0.15) is 6.61 Å². The summed E-state index contributed by atoms with van der Waals surface area (Å²) < 4.78 is 0. The summed E-state index contributed by atoms with van der Waals surface area (Å²) in [5, 5.41) is 20.2. The zero-order valence-electron chi connectivity index (χ0n) is 10.6. The van der Waals surface area contributed by atoms with Gasteiger partial charge in [-0.15, -0.1) is 11.3 Å². The van der Waals surface area contributed by atoms with Crippen molar-refractivity contribution in [2.45, 2.75) is 25.9 Å². The van der Waals surface area contributed by atoms with E-state index in [1.54, 1.807) is 11.3 Å². The summed E-state index contributed by atoms with van der Waals surface area (Å²) in [5.41, 5.74) is 1.00. The van der Waals surface area contributed by atoms with Crippen molar-refractivity contribution in [2.75, 3.05) is 19.8 Å². The average Bonchev–Trinajstić information content (AvgIpc) is 2.94. The standard InChI is InChI=1S/C14H19NO2S/c1-11-4-6-15(13(11)10-17)9-14-12(3-2-7-16)5-8-18-14/h5,8,11,13,16-17H,4,6-7,9-10H2,1H3. The molecule has 0 spiro atoms. The molecule has 4 heteroatoms. The molecule has 0 saturated carbocycles. The van der Waals surface area contributed by atoms with Crippen LogP contribution >= 0.6 is 11.3 Å². The van der Waals surface area contributed by atoms with Gasteiger partial charge in [-0.3, -0.25) is 4.90 Å². The van der Waals surface area contributed by atoms with E-state index in [4.69, 9.17) is 5.11 Å². The lowest BCUT2D eigenvalue weighted by atomic mass is 10.0. The van der Waals surface area contributed by atoms with Gasteiger partial charge < -0.3 is 10.2 Å². The molecule has 1 aliphatic heterocycles. The number of nitrogens with zero attached hydrogens (tertiary/aromatic N) is 1. The smallest absolute Gasteiger partial charge is 0.104 e. The van der Waals surface area contributed by atoms with E-state index in [0.717, 1.165) is 25.1 Å². The highest BCUT2D eigenvalue weighted by atomic mass is 32.1. The van der Waals surface area contributed by atoms with Crippen molar-refractivity contribution in [3.8, 4) is 11.8 Å². The molecule has 1 fully saturated rings. The number of aliphatic hydroxyl groups is 2. The van der Waals surface area contributed by atoms with Crippen LogP contribution in [0.1, 0.15) is 23.8 Å². The van der Waals surface area contributed by atoms with Crippen LogP contribution in [0, 0.1) is 17.8 Å². The van der Waals surface area contributed by atoms with Gasteiger partial charge in [-0.05, 0) is 30.3 Å². The maximum Gasteiger partial charge on any atom is 0.104 e. The maximum absolute atomic E-state index is 9.45. The number of thiophene rings is 1. The highest BCUT2D eigenvalue weighted by molar-refractivity contribution is 7.10. The summed E-state index contributed by atoms with van der Waals surface area (Å²) in [5.74, 6) is 6.23. The predicted molar refractivity (Wildman–Crippen MR) is 73.3 cm³/mol. The molecule has 0 radical (unpaired) electrons. The fourth-order valence-corrected chi connectivity index (χ4v) is 3.33. The second-order valence-electron chi connectivity index (χ2n) is 4.70. The normalized spacial score (nSPS) is 23.9. The van der Waals surface area contributed by atoms with Crippen molar-refractivity contribution in [3.05, 3.63) is 21.9 Å². The topological polar surface area (TPSA) is 43.7 Å². The highest BCUT2D eigenvalue weighted by Gasteiger charge is 2.30. The fourth-order valence-electron chi connectivity index (χ4n) is 2.47. The van der Waals surface area contributed by atoms with Gasteiger partial charge in [0.25, 0.3) is 0 Å². The molecule has 2 unspecified atom stereocenters. The molecule has 1 aromatic rings. The minimum Gasteiger partial charge on any atom is -0.395 e. The van der Waals surface area contributed by atoms with Gasteiger partial charge in [0.15, 0.2) is 0 Å². The molecule has 2 N–H and O–H groups in total. The van der Waals surface area contributed by atoms with Crippen LogP contribution in [0.2, 0.25) is 0 Å². The molecule has 98 valence electrons. The molecule has 0 aliphatic carbocycles. The van der Waals surface area contributed by atoms with Crippen molar-refractivity contribution in [2.24, 2.45) is 5.92 Å². The van der Waals surface area contributed by atoms with Gasteiger partial charge in [0, 0.05) is 23.0 Å². The molecule has 1 aromatic heterocycles. The Morgan fingerprint density at radius 3 is 3.06 bits per heavy atom. The quantitative estimate of drug-likeness (QED) is 0.810. The van der Waals surface area contributed by atoms with Gasteiger partial charge in [0.2, 0.25) is 0 Å². The molecule has 0 aromatic carbocycles. The van der Waals surface area contributed by atoms with Crippen LogP contribution in [-0.2, 0) is 6.54 Å². The first-order valence-electron chi connectivity index (χ1n) is 6.27. The van der Waals surface area contributed by atoms with Crippen LogP contribution in [-0.4, -0.2) is 40.9 Å². The third kappa shape index (κ3) is 2.93. The molecule has 2 rings (SSSR count). The van der Waals surface area contributed by atoms with Gasteiger partial charge in [-0.2, -0.15) is 0 Å². The number of likely N-dealkylation sites (tertiary alicyclic amines) is 1. The highest BCUT2D eigenvalue weighted by Crippen LogP contribution is 2.27. The Labute approximate surface area is 112 Å². The Morgan fingerprint density at radius 2 is 2.33 bits per heavy atom. The van der Waals surface area contributed by atoms with Crippen molar-refractivity contribution in [1.29, 1.82) is 0 Å². The predicted octanol–water partition coefficient (Wildman–Crippen LogP) is 1.29. The largest absolute Gasteiger partial charge is 0.395 e. The van der Waals surface area contributed by atoms with E-state index >= 15 is 0 Å². The minimum absolute atomic E-state index is 0.102. The zero-order valence-corrected chi connectivity index (χ0v) is 11.4. The van der Waals surface area contributed by atoms with Crippen LogP contribution in [0.4, 0.5) is 0 Å². The number of rotatable bonds is 3. The maximum atomic E-state index is 9.45. The second-order valence-corrected chi connectivity index (χ2v) is 5.70. The van der Waals surface area contributed by atoms with Crippen molar-refractivity contribution in [3.63, 3.8) is 0 Å². The van der Waals surface area contributed by atoms with Gasteiger partial charge in [0.05, 0.1) is 6.61 Å². The molecule has 0 amide bonds. The first-order valence-corrected chi connectivity index (χ1v) is 7.15. The SMILES string of the molecule is CC1CCN(Cc2sccc2C#CCO)C1CO. The summed E-state index contributed by atoms with van der Waals surface area (Å²) in [6, 6.07) is 2.27. The van der Waals surface area contributed by atoms with E-state index in [0.29, 0.717) is 5.92 Å². The van der Waals surface area contributed by atoms with E-state index in [9.17, 15) is 5.11 Å². The lowest BCUT2D eigenvalue weighted by molar-refractivity contribution is 0.135. The average molecular weight is 265 g/mol. The van der Waals surface area contributed by atoms with Crippen molar-refractivity contribution in [1.82, 2.24) is 4.90 Å². The van der Waals surface area contributed by atoms with Gasteiger partial charge >= 0.3 is 0 Å². The first-order chi connectivity index (χ1) is 8.76. The first kappa shape index (κ1) is 13.6. The van der Waals surface area contributed by atoms with Gasteiger partial charge in [-0.1, -0.05) is 18.8 Å². The summed E-state index contributed by atoms with van der Waals surface area (Å²) >= 11 is 1.69. The number of hydrogen-bond donors (Lipinski definition) is 2. The molecule has 1 aliphatic rings. The molecule has 1 saturated heterocycles. The number of hydrogen-bond acceptors (Lipinski definition) is 4. The van der Waals surface area contributed by atoms with Crippen LogP contribution < -0.4 is 0 Å². The third-order valence-corrected chi connectivity index (χ3v) is 4.48. The van der Waals surface area contributed by atoms with E-state index in [-0.39, 0.29) is 19.3 Å². The van der Waals surface area contributed by atoms with E-state index in [1.807, 2.05) is 11.4 Å². The van der Waals surface area contributed by atoms with Crippen LogP contribution in [0.15, 0.2) is 11.4 Å². The zero-order chi connectivity index (χ0) is 13.0. The Morgan fingerprint density at radius 1 is 1.50 bits per heavy atom. The Hall–Kier alpha value is -0.860. The molecule has 2 atom stereocenters.